The van der Waals surface area contributed by atoms with Gasteiger partial charge in [0, 0.05) is 12.8 Å². The number of aliphatic carboxylic acids is 1. The first kappa shape index (κ1) is 73.0. The number of quaternary nitrogens is 1. The summed E-state index contributed by atoms with van der Waals surface area (Å²) in [6.45, 7) is 4.59. The van der Waals surface area contributed by atoms with E-state index in [-0.39, 0.29) is 38.6 Å². The summed E-state index contributed by atoms with van der Waals surface area (Å²) in [5.74, 6) is -2.30. The summed E-state index contributed by atoms with van der Waals surface area (Å²) in [6.07, 6.45) is 77.1. The largest absolute Gasteiger partial charge is 0.545 e. The maximum absolute atomic E-state index is 12.9. The molecule has 0 rings (SSSR count). The predicted octanol–water partition coefficient (Wildman–Crippen LogP) is 17.3. The fraction of sp³-hybridized carbons (Fsp3) is 0.691. The van der Waals surface area contributed by atoms with Crippen molar-refractivity contribution in [2.45, 2.75) is 257 Å². The molecule has 0 aliphatic rings. The van der Waals surface area contributed by atoms with Gasteiger partial charge in [-0.05, 0) is 103 Å². The minimum absolute atomic E-state index is 0.141. The van der Waals surface area contributed by atoms with Crippen molar-refractivity contribution in [3.63, 3.8) is 0 Å². The van der Waals surface area contributed by atoms with E-state index >= 15 is 0 Å². The molecule has 0 spiro atoms. The number of hydrogen-bond acceptors (Lipinski definition) is 8. The number of nitrogens with zero attached hydrogens (tertiary/aromatic N) is 1. The third-order valence-corrected chi connectivity index (χ3v) is 13.0. The highest BCUT2D eigenvalue weighted by atomic mass is 16.7. The zero-order valence-corrected chi connectivity index (χ0v) is 50.0. The number of hydrogen-bond donors (Lipinski definition) is 0. The number of carboxylic acids is 1. The second kappa shape index (κ2) is 58.1. The Balaban J connectivity index is 4.19. The van der Waals surface area contributed by atoms with Gasteiger partial charge in [-0.2, -0.15) is 0 Å². The standard InChI is InChI=1S/C68H115NO8/c1-6-8-10-12-14-16-18-20-22-24-26-27-28-29-30-31-32-33-34-35-36-37-38-39-41-43-45-47-49-51-53-55-57-59-66(71)77-64(63-76-68(67(72)73)74-61-60-69(3,4)5)62-75-65(70)58-56-54-52-50-48-46-44-42-40-25-23-21-19-17-15-13-11-9-7-2/h8,10,14-17,20-23,26-27,29-30,32-33,40,42,64,68H,6-7,9,11-13,18-19,24-25,28,31,34-39,41,43-63H2,1-5H3/b10-8-,16-14-,17-15-,22-20-,23-21-,27-26-,30-29-,33-32-,42-40-. The average Bonchev–Trinajstić information content (AvgIpc) is 3.40. The van der Waals surface area contributed by atoms with E-state index in [9.17, 15) is 19.5 Å². The second-order valence-corrected chi connectivity index (χ2v) is 21.6. The molecule has 0 aliphatic carbocycles. The fourth-order valence-corrected chi connectivity index (χ4v) is 8.25. The Labute approximate surface area is 473 Å². The monoisotopic (exact) mass is 1070 g/mol. The average molecular weight is 1070 g/mol. The summed E-state index contributed by atoms with van der Waals surface area (Å²) in [6, 6.07) is 0. The van der Waals surface area contributed by atoms with E-state index in [0.717, 1.165) is 103 Å². The number of carbonyl (C=O) groups excluding carboxylic acids is 3. The van der Waals surface area contributed by atoms with Gasteiger partial charge in [0.05, 0.1) is 40.3 Å². The van der Waals surface area contributed by atoms with Gasteiger partial charge in [-0.3, -0.25) is 9.59 Å². The maximum atomic E-state index is 12.9. The molecule has 2 unspecified atom stereocenters. The molecule has 77 heavy (non-hydrogen) atoms. The Morgan fingerprint density at radius 1 is 0.403 bits per heavy atom. The summed E-state index contributed by atoms with van der Waals surface area (Å²) in [4.78, 5) is 37.3. The first-order valence-corrected chi connectivity index (χ1v) is 31.0. The zero-order chi connectivity index (χ0) is 56.2. The summed E-state index contributed by atoms with van der Waals surface area (Å²) < 4.78 is 22.7. The van der Waals surface area contributed by atoms with Gasteiger partial charge in [-0.15, -0.1) is 0 Å². The van der Waals surface area contributed by atoms with E-state index in [2.05, 4.69) is 123 Å². The topological polar surface area (TPSA) is 111 Å². The molecule has 0 aromatic rings. The van der Waals surface area contributed by atoms with E-state index in [1.807, 2.05) is 21.1 Å². The van der Waals surface area contributed by atoms with E-state index in [0.29, 0.717) is 17.4 Å². The quantitative estimate of drug-likeness (QED) is 0.0195. The molecule has 0 saturated heterocycles. The molecule has 2 atom stereocenters. The normalized spacial score (nSPS) is 13.5. The van der Waals surface area contributed by atoms with Gasteiger partial charge in [0.15, 0.2) is 12.4 Å². The highest BCUT2D eigenvalue weighted by Crippen LogP contribution is 2.16. The van der Waals surface area contributed by atoms with Crippen LogP contribution in [-0.2, 0) is 33.3 Å². The van der Waals surface area contributed by atoms with Crippen molar-refractivity contribution in [2.75, 3.05) is 47.5 Å². The molecular formula is C68H115NO8. The lowest BCUT2D eigenvalue weighted by Gasteiger charge is -2.26. The molecule has 0 heterocycles. The van der Waals surface area contributed by atoms with Crippen LogP contribution in [0.2, 0.25) is 0 Å². The molecule has 0 saturated carbocycles. The number of rotatable bonds is 56. The van der Waals surface area contributed by atoms with Gasteiger partial charge < -0.3 is 33.3 Å². The van der Waals surface area contributed by atoms with Crippen LogP contribution in [-0.4, -0.2) is 82.3 Å². The van der Waals surface area contributed by atoms with Crippen molar-refractivity contribution in [1.82, 2.24) is 0 Å². The first-order chi connectivity index (χ1) is 37.6. The molecule has 0 bridgehead atoms. The van der Waals surface area contributed by atoms with Crippen LogP contribution >= 0.6 is 0 Å². The zero-order valence-electron chi connectivity index (χ0n) is 50.0. The summed E-state index contributed by atoms with van der Waals surface area (Å²) >= 11 is 0. The smallest absolute Gasteiger partial charge is 0.306 e. The molecule has 9 heteroatoms. The van der Waals surface area contributed by atoms with Crippen molar-refractivity contribution in [2.24, 2.45) is 0 Å². The predicted molar refractivity (Wildman–Crippen MR) is 324 cm³/mol. The number of likely N-dealkylation sites (N-methyl/N-ethyl adjacent to an activating group) is 1. The molecule has 0 fully saturated rings. The number of carbonyl (C=O) groups is 3. The van der Waals surface area contributed by atoms with E-state index in [1.54, 1.807) is 0 Å². The third-order valence-electron chi connectivity index (χ3n) is 13.0. The van der Waals surface area contributed by atoms with Gasteiger partial charge in [0.1, 0.15) is 13.2 Å². The second-order valence-electron chi connectivity index (χ2n) is 21.6. The van der Waals surface area contributed by atoms with Gasteiger partial charge in [-0.1, -0.05) is 239 Å². The van der Waals surface area contributed by atoms with Crippen molar-refractivity contribution in [3.05, 3.63) is 109 Å². The third kappa shape index (κ3) is 59.5. The lowest BCUT2D eigenvalue weighted by Crippen LogP contribution is -2.44. The minimum Gasteiger partial charge on any atom is -0.545 e. The number of ether oxygens (including phenoxy) is 4. The Hall–Kier alpha value is -4.05. The summed E-state index contributed by atoms with van der Waals surface area (Å²) in [7, 11) is 5.91. The highest BCUT2D eigenvalue weighted by molar-refractivity contribution is 5.70. The van der Waals surface area contributed by atoms with Crippen LogP contribution in [0.5, 0.6) is 0 Å². The van der Waals surface area contributed by atoms with E-state index < -0.39 is 24.3 Å². The molecule has 0 aromatic carbocycles. The Morgan fingerprint density at radius 3 is 1.10 bits per heavy atom. The maximum Gasteiger partial charge on any atom is 0.306 e. The van der Waals surface area contributed by atoms with Crippen LogP contribution in [0, 0.1) is 0 Å². The number of allylic oxidation sites excluding steroid dienone is 18. The highest BCUT2D eigenvalue weighted by Gasteiger charge is 2.22. The van der Waals surface area contributed by atoms with Gasteiger partial charge in [-0.25, -0.2) is 0 Å². The van der Waals surface area contributed by atoms with E-state index in [4.69, 9.17) is 18.9 Å². The van der Waals surface area contributed by atoms with Gasteiger partial charge in [0.25, 0.3) is 0 Å². The molecule has 0 aromatic heterocycles. The van der Waals surface area contributed by atoms with Gasteiger partial charge >= 0.3 is 11.9 Å². The Kier molecular flexibility index (Phi) is 55.1. The summed E-state index contributed by atoms with van der Waals surface area (Å²) in [5, 5.41) is 11.8. The minimum atomic E-state index is -1.63. The fourth-order valence-electron chi connectivity index (χ4n) is 8.25. The van der Waals surface area contributed by atoms with Crippen LogP contribution in [0.15, 0.2) is 109 Å². The number of carboxylic acid groups (broad SMARTS) is 1. The van der Waals surface area contributed by atoms with Crippen LogP contribution < -0.4 is 5.11 Å². The van der Waals surface area contributed by atoms with Crippen molar-refractivity contribution < 1.29 is 42.9 Å². The van der Waals surface area contributed by atoms with Crippen molar-refractivity contribution in [3.8, 4) is 0 Å². The molecule has 0 aliphatic heterocycles. The lowest BCUT2D eigenvalue weighted by atomic mass is 10.0. The Bertz CT molecular complexity index is 1630. The van der Waals surface area contributed by atoms with Gasteiger partial charge in [0.2, 0.25) is 0 Å². The van der Waals surface area contributed by atoms with Crippen LogP contribution in [0.4, 0.5) is 0 Å². The van der Waals surface area contributed by atoms with Crippen LogP contribution in [0.1, 0.15) is 245 Å². The molecule has 9 nitrogen and oxygen atoms in total. The van der Waals surface area contributed by atoms with Crippen LogP contribution in [0.3, 0.4) is 0 Å². The SMILES string of the molecule is CC/C=C\C/C=C\C/C=C\C/C=C\C/C=C\C/C=C\CCCCCCCCCCCCCCCCC(=O)OC(COC(=O)CCCCCCCC/C=C\C/C=C\C/C=C\CCCCC)COC(OCC[N+](C)(C)C)C(=O)[O-]. The molecule has 0 N–H and O–H groups in total. The van der Waals surface area contributed by atoms with E-state index in [1.165, 1.54) is 109 Å². The van der Waals surface area contributed by atoms with Crippen LogP contribution in [0.25, 0.3) is 0 Å². The van der Waals surface area contributed by atoms with Crippen molar-refractivity contribution in [1.29, 1.82) is 0 Å². The number of unbranched alkanes of at least 4 members (excludes halogenated alkanes) is 23. The molecule has 0 radical (unpaired) electrons. The van der Waals surface area contributed by atoms with Crippen molar-refractivity contribution >= 4 is 17.9 Å². The molecule has 0 amide bonds. The Morgan fingerprint density at radius 2 is 0.740 bits per heavy atom. The summed E-state index contributed by atoms with van der Waals surface area (Å²) in [5.41, 5.74) is 0. The molecular weight excluding hydrogens is 959 g/mol. The number of esters is 2. The first-order valence-electron chi connectivity index (χ1n) is 31.0. The lowest BCUT2D eigenvalue weighted by molar-refractivity contribution is -0.870. The molecule has 440 valence electrons.